The molecule has 0 atom stereocenters. The highest BCUT2D eigenvalue weighted by atomic mass is 16.5. The lowest BCUT2D eigenvalue weighted by Crippen LogP contribution is -2.35. The molecule has 4 rings (SSSR count). The van der Waals surface area contributed by atoms with Gasteiger partial charge < -0.3 is 19.3 Å². The van der Waals surface area contributed by atoms with Crippen molar-refractivity contribution in [2.24, 2.45) is 0 Å². The zero-order valence-electron chi connectivity index (χ0n) is 19.1. The molecule has 0 aliphatic carbocycles. The predicted octanol–water partition coefficient (Wildman–Crippen LogP) is 4.05. The van der Waals surface area contributed by atoms with E-state index in [-0.39, 0.29) is 11.3 Å². The van der Waals surface area contributed by atoms with Crippen LogP contribution in [0.5, 0.6) is 17.2 Å². The van der Waals surface area contributed by atoms with Gasteiger partial charge in [0.05, 0.1) is 25.9 Å². The number of carbonyl (C=O) groups excluding carboxylic acids is 1. The van der Waals surface area contributed by atoms with Gasteiger partial charge in [0.25, 0.3) is 0 Å². The monoisotopic (exact) mass is 457 g/mol. The van der Waals surface area contributed by atoms with Crippen LogP contribution in [-0.2, 0) is 17.9 Å². The Morgan fingerprint density at radius 3 is 2.59 bits per heavy atom. The van der Waals surface area contributed by atoms with Crippen LogP contribution in [0.25, 0.3) is 0 Å². The van der Waals surface area contributed by atoms with Crippen molar-refractivity contribution in [1.82, 2.24) is 4.90 Å². The molecule has 34 heavy (non-hydrogen) atoms. The van der Waals surface area contributed by atoms with Gasteiger partial charge in [-0.25, -0.2) is 0 Å². The van der Waals surface area contributed by atoms with Crippen LogP contribution in [-0.4, -0.2) is 49.2 Å². The van der Waals surface area contributed by atoms with Crippen LogP contribution in [0.4, 0.5) is 0 Å². The number of methoxy groups -OCH3 is 1. The first-order valence-electron chi connectivity index (χ1n) is 11.2. The van der Waals surface area contributed by atoms with Gasteiger partial charge in [-0.3, -0.25) is 9.69 Å². The summed E-state index contributed by atoms with van der Waals surface area (Å²) >= 11 is 0. The number of carbonyl (C=O) groups is 1. The second-order valence-electron chi connectivity index (χ2n) is 7.95. The van der Waals surface area contributed by atoms with Crippen molar-refractivity contribution in [3.63, 3.8) is 0 Å². The maximum absolute atomic E-state index is 12.5. The second kappa shape index (κ2) is 11.4. The number of benzene rings is 3. The maximum Gasteiger partial charge on any atom is 0.239 e. The Hall–Kier alpha value is -3.79. The third-order valence-corrected chi connectivity index (χ3v) is 5.57. The Morgan fingerprint density at radius 1 is 1.06 bits per heavy atom. The van der Waals surface area contributed by atoms with Crippen molar-refractivity contribution in [2.75, 3.05) is 33.4 Å². The summed E-state index contributed by atoms with van der Waals surface area (Å²) in [4.78, 5) is 14.9. The molecule has 0 saturated carbocycles. The van der Waals surface area contributed by atoms with Crippen LogP contribution in [0, 0.1) is 11.8 Å². The fourth-order valence-electron chi connectivity index (χ4n) is 3.66. The van der Waals surface area contributed by atoms with Crippen molar-refractivity contribution in [1.29, 1.82) is 0 Å². The first kappa shape index (κ1) is 23.4. The molecule has 0 aromatic heterocycles. The molecule has 1 N–H and O–H groups in total. The summed E-state index contributed by atoms with van der Waals surface area (Å²) in [6.45, 7) is 4.39. The van der Waals surface area contributed by atoms with Crippen molar-refractivity contribution >= 4 is 5.78 Å². The van der Waals surface area contributed by atoms with Crippen molar-refractivity contribution in [2.45, 2.75) is 13.2 Å². The molecule has 1 aliphatic heterocycles. The van der Waals surface area contributed by atoms with Gasteiger partial charge in [-0.1, -0.05) is 42.3 Å². The van der Waals surface area contributed by atoms with Gasteiger partial charge in [0.2, 0.25) is 5.78 Å². The molecule has 1 heterocycles. The number of morpholine rings is 1. The minimum Gasteiger partial charge on any atom is -0.507 e. The van der Waals surface area contributed by atoms with Crippen LogP contribution in [0.1, 0.15) is 27.0 Å². The molecule has 0 radical (unpaired) electrons. The third-order valence-electron chi connectivity index (χ3n) is 5.57. The van der Waals surface area contributed by atoms with E-state index in [1.165, 1.54) is 19.2 Å². The third kappa shape index (κ3) is 6.16. The van der Waals surface area contributed by atoms with E-state index >= 15 is 0 Å². The summed E-state index contributed by atoms with van der Waals surface area (Å²) in [5.74, 6) is 6.12. The number of rotatable bonds is 7. The zero-order valence-corrected chi connectivity index (χ0v) is 19.1. The number of phenolic OH excluding ortho intramolecular Hbond substituents is 1. The molecule has 0 amide bonds. The van der Waals surface area contributed by atoms with Gasteiger partial charge in [0, 0.05) is 36.8 Å². The molecule has 1 aliphatic rings. The number of hydrogen-bond acceptors (Lipinski definition) is 6. The number of phenols is 1. The van der Waals surface area contributed by atoms with E-state index in [9.17, 15) is 9.90 Å². The van der Waals surface area contributed by atoms with Gasteiger partial charge in [-0.15, -0.1) is 0 Å². The molecule has 0 spiro atoms. The Kier molecular flexibility index (Phi) is 7.82. The lowest BCUT2D eigenvalue weighted by Gasteiger charge is -2.27. The van der Waals surface area contributed by atoms with E-state index in [2.05, 4.69) is 16.7 Å². The SMILES string of the molecule is COc1ccc(C(=O)C#Cc2ccc(CN3CCOCC3)c(OCc3ccccc3)c2)c(O)c1. The molecule has 3 aromatic carbocycles. The number of ether oxygens (including phenoxy) is 3. The summed E-state index contributed by atoms with van der Waals surface area (Å²) in [6, 6.07) is 20.2. The number of hydrogen-bond donors (Lipinski definition) is 1. The predicted molar refractivity (Wildman–Crippen MR) is 129 cm³/mol. The van der Waals surface area contributed by atoms with Gasteiger partial charge in [-0.05, 0) is 35.7 Å². The molecular weight excluding hydrogens is 430 g/mol. The highest BCUT2D eigenvalue weighted by molar-refractivity contribution is 6.11. The van der Waals surface area contributed by atoms with Crippen LogP contribution in [0.2, 0.25) is 0 Å². The van der Waals surface area contributed by atoms with E-state index < -0.39 is 5.78 Å². The maximum atomic E-state index is 12.5. The number of aromatic hydroxyl groups is 1. The Balaban J connectivity index is 1.55. The molecule has 174 valence electrons. The number of nitrogens with zero attached hydrogens (tertiary/aromatic N) is 1. The first-order valence-corrected chi connectivity index (χ1v) is 11.2. The topological polar surface area (TPSA) is 68.2 Å². The summed E-state index contributed by atoms with van der Waals surface area (Å²) < 4.78 is 16.7. The molecule has 0 unspecified atom stereocenters. The molecule has 1 fully saturated rings. The quantitative estimate of drug-likeness (QED) is 0.427. The highest BCUT2D eigenvalue weighted by Gasteiger charge is 2.14. The summed E-state index contributed by atoms with van der Waals surface area (Å²) in [6.07, 6.45) is 0. The highest BCUT2D eigenvalue weighted by Crippen LogP contribution is 2.25. The lowest BCUT2D eigenvalue weighted by atomic mass is 10.1. The van der Waals surface area contributed by atoms with Gasteiger partial charge in [-0.2, -0.15) is 0 Å². The minimum atomic E-state index is -0.468. The van der Waals surface area contributed by atoms with Crippen molar-refractivity contribution in [3.05, 3.63) is 89.0 Å². The van der Waals surface area contributed by atoms with E-state index in [1.807, 2.05) is 48.5 Å². The molecule has 3 aromatic rings. The van der Waals surface area contributed by atoms with Crippen molar-refractivity contribution < 1.29 is 24.1 Å². The molecular formula is C28H27NO5. The van der Waals surface area contributed by atoms with E-state index in [4.69, 9.17) is 14.2 Å². The minimum absolute atomic E-state index is 0.137. The molecule has 0 bridgehead atoms. The average molecular weight is 458 g/mol. The number of Topliss-reactive ketones (excluding diaryl/α,β-unsaturated/α-hetero) is 1. The summed E-state index contributed by atoms with van der Waals surface area (Å²) in [7, 11) is 1.50. The summed E-state index contributed by atoms with van der Waals surface area (Å²) in [5.41, 5.74) is 2.93. The Labute approximate surface area is 199 Å². The Bertz CT molecular complexity index is 1190. The molecule has 1 saturated heterocycles. The fraction of sp³-hybridized carbons (Fsp3) is 0.250. The zero-order chi connectivity index (χ0) is 23.8. The van der Waals surface area contributed by atoms with Gasteiger partial charge >= 0.3 is 0 Å². The number of ketones is 1. The van der Waals surface area contributed by atoms with Crippen molar-refractivity contribution in [3.8, 4) is 29.1 Å². The fourth-order valence-corrected chi connectivity index (χ4v) is 3.66. The largest absolute Gasteiger partial charge is 0.507 e. The van der Waals surface area contributed by atoms with E-state index in [1.54, 1.807) is 6.07 Å². The van der Waals surface area contributed by atoms with Crippen LogP contribution >= 0.6 is 0 Å². The van der Waals surface area contributed by atoms with Gasteiger partial charge in [0.1, 0.15) is 23.9 Å². The smallest absolute Gasteiger partial charge is 0.239 e. The van der Waals surface area contributed by atoms with Crippen LogP contribution in [0.3, 0.4) is 0 Å². The second-order valence-corrected chi connectivity index (χ2v) is 7.95. The van der Waals surface area contributed by atoms with E-state index in [0.29, 0.717) is 17.9 Å². The normalized spacial score (nSPS) is 13.6. The first-order chi connectivity index (χ1) is 16.6. The lowest BCUT2D eigenvalue weighted by molar-refractivity contribution is 0.0337. The summed E-state index contributed by atoms with van der Waals surface area (Å²) in [5, 5.41) is 10.1. The molecule has 6 heteroatoms. The van der Waals surface area contributed by atoms with Crippen LogP contribution in [0.15, 0.2) is 66.7 Å². The van der Waals surface area contributed by atoms with Crippen LogP contribution < -0.4 is 9.47 Å². The standard InChI is InChI=1S/C28H27NO5/c1-32-24-10-11-25(27(31)18-24)26(30)12-8-21-7-9-23(19-29-13-15-33-16-14-29)28(17-21)34-20-22-5-3-2-4-6-22/h2-7,9-11,17-18,31H,13-16,19-20H2,1H3. The van der Waals surface area contributed by atoms with Gasteiger partial charge in [0.15, 0.2) is 0 Å². The average Bonchev–Trinajstić information content (AvgIpc) is 2.88. The molecule has 6 nitrogen and oxygen atoms in total. The Morgan fingerprint density at radius 2 is 1.85 bits per heavy atom. The van der Waals surface area contributed by atoms with E-state index in [0.717, 1.165) is 49.7 Å².